The van der Waals surface area contributed by atoms with Crippen LogP contribution in [0.25, 0.3) is 0 Å². The molecule has 0 bridgehead atoms. The molecule has 18 heavy (non-hydrogen) atoms. The van der Waals surface area contributed by atoms with E-state index in [4.69, 9.17) is 0 Å². The zero-order chi connectivity index (χ0) is 13.9. The third kappa shape index (κ3) is 3.68. The van der Waals surface area contributed by atoms with Gasteiger partial charge in [0.05, 0.1) is 0 Å². The van der Waals surface area contributed by atoms with Gasteiger partial charge in [-0.1, -0.05) is 12.1 Å². The molecule has 0 aliphatic heterocycles. The lowest BCUT2D eigenvalue weighted by Crippen LogP contribution is -2.15. The Morgan fingerprint density at radius 2 is 1.94 bits per heavy atom. The van der Waals surface area contributed by atoms with Crippen LogP contribution in [0.2, 0.25) is 0 Å². The summed E-state index contributed by atoms with van der Waals surface area (Å²) in [5.74, 6) is -1.48. The van der Waals surface area contributed by atoms with Gasteiger partial charge in [-0.2, -0.15) is 22.0 Å². The van der Waals surface area contributed by atoms with Crippen LogP contribution in [0, 0.1) is 0 Å². The van der Waals surface area contributed by atoms with Gasteiger partial charge >= 0.3 is 12.8 Å². The largest absolute Gasteiger partial charge is 0.434 e. The van der Waals surface area contributed by atoms with Crippen molar-refractivity contribution in [3.8, 4) is 5.75 Å². The SMILES string of the molecule is CC(=O)Cc1cccc(OC(F)F)c1C(F)(F)F. The molecule has 0 aromatic heterocycles. The molecule has 2 nitrogen and oxygen atoms in total. The first-order valence-electron chi connectivity index (χ1n) is 4.85. The maximum Gasteiger partial charge on any atom is 0.420 e. The molecule has 0 aliphatic carbocycles. The predicted molar refractivity (Wildman–Crippen MR) is 52.5 cm³/mol. The summed E-state index contributed by atoms with van der Waals surface area (Å²) in [5.41, 5.74) is -1.71. The Bertz CT molecular complexity index is 440. The lowest BCUT2D eigenvalue weighted by atomic mass is 10.0. The van der Waals surface area contributed by atoms with Gasteiger partial charge in [-0.3, -0.25) is 4.79 Å². The van der Waals surface area contributed by atoms with E-state index in [9.17, 15) is 26.7 Å². The van der Waals surface area contributed by atoms with Crippen LogP contribution in [0.15, 0.2) is 18.2 Å². The van der Waals surface area contributed by atoms with Gasteiger partial charge in [0.2, 0.25) is 0 Å². The molecule has 1 aromatic carbocycles. The van der Waals surface area contributed by atoms with Gasteiger partial charge in [-0.25, -0.2) is 0 Å². The Morgan fingerprint density at radius 3 is 2.39 bits per heavy atom. The van der Waals surface area contributed by atoms with E-state index in [0.29, 0.717) is 0 Å². The fourth-order valence-corrected chi connectivity index (χ4v) is 1.51. The molecule has 1 aromatic rings. The normalized spacial score (nSPS) is 11.7. The molecule has 1 rings (SSSR count). The fourth-order valence-electron chi connectivity index (χ4n) is 1.51. The van der Waals surface area contributed by atoms with Gasteiger partial charge in [-0.05, 0) is 18.6 Å². The molecule has 0 N–H and O–H groups in total. The number of rotatable bonds is 4. The summed E-state index contributed by atoms with van der Waals surface area (Å²) < 4.78 is 66.2. The van der Waals surface area contributed by atoms with Crippen LogP contribution in [0.5, 0.6) is 5.75 Å². The van der Waals surface area contributed by atoms with Crippen molar-refractivity contribution >= 4 is 5.78 Å². The number of ether oxygens (including phenoxy) is 1. The molecule has 0 atom stereocenters. The molecule has 0 radical (unpaired) electrons. The Morgan fingerprint density at radius 1 is 1.33 bits per heavy atom. The molecule has 0 aliphatic rings. The Labute approximate surface area is 99.4 Å². The summed E-state index contributed by atoms with van der Waals surface area (Å²) in [6, 6.07) is 2.98. The van der Waals surface area contributed by atoms with Gasteiger partial charge in [-0.15, -0.1) is 0 Å². The first-order chi connectivity index (χ1) is 8.21. The van der Waals surface area contributed by atoms with Crippen molar-refractivity contribution in [2.24, 2.45) is 0 Å². The standard InChI is InChI=1S/C11H9F5O2/c1-6(17)5-7-3-2-4-8(18-10(12)13)9(7)11(14,15)16/h2-4,10H,5H2,1H3. The fraction of sp³-hybridized carbons (Fsp3) is 0.364. The number of halogens is 5. The second-order valence-corrected chi connectivity index (χ2v) is 3.55. The average Bonchev–Trinajstić information content (AvgIpc) is 2.13. The topological polar surface area (TPSA) is 26.3 Å². The number of ketones is 1. The smallest absolute Gasteiger partial charge is 0.420 e. The van der Waals surface area contributed by atoms with E-state index in [0.717, 1.165) is 25.1 Å². The molecule has 0 heterocycles. The number of hydrogen-bond donors (Lipinski definition) is 0. The van der Waals surface area contributed by atoms with Crippen LogP contribution in [0.4, 0.5) is 22.0 Å². The van der Waals surface area contributed by atoms with Crippen molar-refractivity contribution in [3.63, 3.8) is 0 Å². The molecule has 0 amide bonds. The van der Waals surface area contributed by atoms with E-state index in [1.807, 2.05) is 0 Å². The minimum Gasteiger partial charge on any atom is -0.434 e. The van der Waals surface area contributed by atoms with Crippen LogP contribution in [-0.4, -0.2) is 12.4 Å². The van der Waals surface area contributed by atoms with Crippen molar-refractivity contribution in [3.05, 3.63) is 29.3 Å². The van der Waals surface area contributed by atoms with E-state index in [1.54, 1.807) is 0 Å². The third-order valence-corrected chi connectivity index (χ3v) is 2.05. The lowest BCUT2D eigenvalue weighted by molar-refractivity contribution is -0.142. The van der Waals surface area contributed by atoms with Crippen LogP contribution < -0.4 is 4.74 Å². The Kier molecular flexibility index (Phi) is 4.26. The highest BCUT2D eigenvalue weighted by molar-refractivity contribution is 5.78. The summed E-state index contributed by atoms with van der Waals surface area (Å²) in [6.45, 7) is -2.25. The molecule has 7 heteroatoms. The van der Waals surface area contributed by atoms with E-state index < -0.39 is 36.3 Å². The molecule has 0 fully saturated rings. The number of benzene rings is 1. The monoisotopic (exact) mass is 268 g/mol. The number of alkyl halides is 5. The minimum atomic E-state index is -4.86. The van der Waals surface area contributed by atoms with Gasteiger partial charge in [0, 0.05) is 6.42 Å². The lowest BCUT2D eigenvalue weighted by Gasteiger charge is -2.16. The molecule has 0 unspecified atom stereocenters. The van der Waals surface area contributed by atoms with Crippen LogP contribution >= 0.6 is 0 Å². The molecule has 100 valence electrons. The maximum absolute atomic E-state index is 12.8. The third-order valence-electron chi connectivity index (χ3n) is 2.05. The van der Waals surface area contributed by atoms with Gasteiger partial charge < -0.3 is 4.74 Å². The molecular weight excluding hydrogens is 259 g/mol. The van der Waals surface area contributed by atoms with Crippen LogP contribution in [-0.2, 0) is 17.4 Å². The molecular formula is C11H9F5O2. The predicted octanol–water partition coefficient (Wildman–Crippen LogP) is 3.44. The van der Waals surface area contributed by atoms with Crippen molar-refractivity contribution in [1.29, 1.82) is 0 Å². The summed E-state index contributed by atoms with van der Waals surface area (Å²) in [7, 11) is 0. The number of carbonyl (C=O) groups is 1. The van der Waals surface area contributed by atoms with Crippen LogP contribution in [0.1, 0.15) is 18.1 Å². The second-order valence-electron chi connectivity index (χ2n) is 3.55. The average molecular weight is 268 g/mol. The highest BCUT2D eigenvalue weighted by atomic mass is 19.4. The minimum absolute atomic E-state index is 0.381. The quantitative estimate of drug-likeness (QED) is 0.782. The molecule has 0 saturated carbocycles. The first kappa shape index (κ1) is 14.4. The van der Waals surface area contributed by atoms with Crippen molar-refractivity contribution in [2.75, 3.05) is 0 Å². The number of Topliss-reactive ketones (excluding diaryl/α,β-unsaturated/α-hetero) is 1. The Balaban J connectivity index is 3.30. The molecule has 0 spiro atoms. The first-order valence-corrected chi connectivity index (χ1v) is 4.85. The van der Waals surface area contributed by atoms with Crippen molar-refractivity contribution in [1.82, 2.24) is 0 Å². The van der Waals surface area contributed by atoms with E-state index in [2.05, 4.69) is 4.74 Å². The molecule has 0 saturated heterocycles. The van der Waals surface area contributed by atoms with Gasteiger partial charge in [0.1, 0.15) is 17.1 Å². The van der Waals surface area contributed by atoms with Gasteiger partial charge in [0.15, 0.2) is 0 Å². The zero-order valence-electron chi connectivity index (χ0n) is 9.22. The van der Waals surface area contributed by atoms with E-state index >= 15 is 0 Å². The van der Waals surface area contributed by atoms with Crippen LogP contribution in [0.3, 0.4) is 0 Å². The summed E-state index contributed by atoms with van der Waals surface area (Å²) in [4.78, 5) is 10.9. The zero-order valence-corrected chi connectivity index (χ0v) is 9.22. The van der Waals surface area contributed by atoms with E-state index in [1.165, 1.54) is 0 Å². The highest BCUT2D eigenvalue weighted by Gasteiger charge is 2.37. The summed E-state index contributed by atoms with van der Waals surface area (Å²) in [5, 5.41) is 0. The number of hydrogen-bond acceptors (Lipinski definition) is 2. The van der Waals surface area contributed by atoms with Gasteiger partial charge in [0.25, 0.3) is 0 Å². The summed E-state index contributed by atoms with van der Waals surface area (Å²) >= 11 is 0. The highest BCUT2D eigenvalue weighted by Crippen LogP contribution is 2.39. The Hall–Kier alpha value is -1.66. The maximum atomic E-state index is 12.8. The number of carbonyl (C=O) groups excluding carboxylic acids is 1. The van der Waals surface area contributed by atoms with Crippen molar-refractivity contribution < 1.29 is 31.5 Å². The van der Waals surface area contributed by atoms with E-state index in [-0.39, 0.29) is 5.56 Å². The second kappa shape index (κ2) is 5.32. The summed E-state index contributed by atoms with van der Waals surface area (Å²) in [6.07, 6.45) is -5.36. The van der Waals surface area contributed by atoms with Crippen molar-refractivity contribution in [2.45, 2.75) is 26.1 Å².